The number of rotatable bonds is 10. The predicted octanol–water partition coefficient (Wildman–Crippen LogP) is 2.18. The smallest absolute Gasteiger partial charge is 0.389 e. The Hall–Kier alpha value is -3.31. The molecule has 0 aliphatic rings. The van der Waals surface area contributed by atoms with Gasteiger partial charge in [0.2, 0.25) is 5.82 Å². The van der Waals surface area contributed by atoms with Gasteiger partial charge >= 0.3 is 17.8 Å². The summed E-state index contributed by atoms with van der Waals surface area (Å²) in [7, 11) is 1.22. The van der Waals surface area contributed by atoms with Crippen LogP contribution >= 0.6 is 0 Å². The molecule has 2 rings (SSSR count). The van der Waals surface area contributed by atoms with Gasteiger partial charge in [0, 0.05) is 26.6 Å². The van der Waals surface area contributed by atoms with Crippen LogP contribution < -0.4 is 21.3 Å². The van der Waals surface area contributed by atoms with E-state index in [2.05, 4.69) is 10.4 Å². The average Bonchev–Trinajstić information content (AvgIpc) is 2.68. The standard InChI is InChI=1S/C20H25F3N4O5/c1-19(2,17(29)30)32-14-7-4-6-13(12-14)8-10-24-15-16(28)26(3)18(31)27(25-15)11-5-9-20(21,22)23/h4,6-7,12H,5,8-11H2,1-3H3,(H,24,25)(H,29,30). The van der Waals surface area contributed by atoms with E-state index in [1.807, 2.05) is 0 Å². The third-order valence-corrected chi connectivity index (χ3v) is 4.56. The molecule has 0 unspecified atom stereocenters. The largest absolute Gasteiger partial charge is 0.478 e. The molecule has 12 heteroatoms. The van der Waals surface area contributed by atoms with Crippen LogP contribution in [0.15, 0.2) is 33.9 Å². The van der Waals surface area contributed by atoms with Crippen molar-refractivity contribution < 1.29 is 27.8 Å². The fraction of sp³-hybridized carbons (Fsp3) is 0.500. The molecule has 0 aliphatic carbocycles. The van der Waals surface area contributed by atoms with Gasteiger partial charge < -0.3 is 15.2 Å². The topological polar surface area (TPSA) is 115 Å². The molecule has 0 atom stereocenters. The SMILES string of the molecule is Cn1c(=O)c(NCCc2cccc(OC(C)(C)C(=O)O)c2)nn(CCCC(F)(F)F)c1=O. The Kier molecular flexibility index (Phi) is 7.70. The first-order chi connectivity index (χ1) is 14.8. The molecular formula is C20H25F3N4O5. The third kappa shape index (κ3) is 6.86. The van der Waals surface area contributed by atoms with E-state index in [0.29, 0.717) is 12.2 Å². The van der Waals surface area contributed by atoms with Crippen LogP contribution in [0.1, 0.15) is 32.3 Å². The molecule has 1 aromatic carbocycles. The Labute approximate surface area is 181 Å². The van der Waals surface area contributed by atoms with Gasteiger partial charge in [0.1, 0.15) is 5.75 Å². The molecule has 0 aliphatic heterocycles. The van der Waals surface area contributed by atoms with E-state index in [1.54, 1.807) is 24.3 Å². The van der Waals surface area contributed by atoms with Crippen LogP contribution in [0.3, 0.4) is 0 Å². The molecule has 0 bridgehead atoms. The van der Waals surface area contributed by atoms with Gasteiger partial charge in [0.25, 0.3) is 5.56 Å². The van der Waals surface area contributed by atoms with Crippen LogP contribution in [-0.4, -0.2) is 43.7 Å². The van der Waals surface area contributed by atoms with Crippen molar-refractivity contribution in [2.45, 2.75) is 51.4 Å². The first-order valence-electron chi connectivity index (χ1n) is 9.80. The molecule has 2 aromatic rings. The second-order valence-corrected chi connectivity index (χ2v) is 7.68. The lowest BCUT2D eigenvalue weighted by atomic mass is 10.1. The summed E-state index contributed by atoms with van der Waals surface area (Å²) in [5.41, 5.74) is -2.12. The number of benzene rings is 1. The number of hydrogen-bond donors (Lipinski definition) is 2. The minimum Gasteiger partial charge on any atom is -0.478 e. The molecule has 0 fully saturated rings. The van der Waals surface area contributed by atoms with Gasteiger partial charge in [-0.2, -0.15) is 13.2 Å². The zero-order valence-corrected chi connectivity index (χ0v) is 17.9. The number of carbonyl (C=O) groups is 1. The van der Waals surface area contributed by atoms with Crippen LogP contribution in [-0.2, 0) is 24.8 Å². The monoisotopic (exact) mass is 458 g/mol. The fourth-order valence-corrected chi connectivity index (χ4v) is 2.74. The number of halogens is 3. The number of aromatic nitrogens is 3. The Morgan fingerprint density at radius 1 is 1.25 bits per heavy atom. The summed E-state index contributed by atoms with van der Waals surface area (Å²) in [6.07, 6.45) is -5.34. The first-order valence-corrected chi connectivity index (χ1v) is 9.80. The van der Waals surface area contributed by atoms with Crippen molar-refractivity contribution in [1.82, 2.24) is 14.3 Å². The summed E-state index contributed by atoms with van der Waals surface area (Å²) in [5.74, 6) is -0.905. The normalized spacial score (nSPS) is 11.9. The lowest BCUT2D eigenvalue weighted by molar-refractivity contribution is -0.152. The molecule has 2 N–H and O–H groups in total. The number of nitrogens with zero attached hydrogens (tertiary/aromatic N) is 3. The Balaban J connectivity index is 2.06. The maximum atomic E-state index is 12.4. The maximum Gasteiger partial charge on any atom is 0.389 e. The highest BCUT2D eigenvalue weighted by Gasteiger charge is 2.29. The Bertz CT molecular complexity index is 1080. The number of aliphatic carboxylic acids is 1. The van der Waals surface area contributed by atoms with Gasteiger partial charge in [-0.1, -0.05) is 12.1 Å². The third-order valence-electron chi connectivity index (χ3n) is 4.56. The van der Waals surface area contributed by atoms with E-state index in [-0.39, 0.29) is 25.3 Å². The van der Waals surface area contributed by atoms with Crippen LogP contribution in [0, 0.1) is 0 Å². The molecule has 9 nitrogen and oxygen atoms in total. The van der Waals surface area contributed by atoms with Crippen LogP contribution in [0.5, 0.6) is 5.75 Å². The molecule has 0 saturated heterocycles. The molecule has 32 heavy (non-hydrogen) atoms. The number of carboxylic acid groups (broad SMARTS) is 1. The maximum absolute atomic E-state index is 12.4. The predicted molar refractivity (Wildman–Crippen MR) is 110 cm³/mol. The summed E-state index contributed by atoms with van der Waals surface area (Å²) < 4.78 is 44.2. The minimum absolute atomic E-state index is 0.154. The van der Waals surface area contributed by atoms with E-state index < -0.39 is 35.4 Å². The molecule has 1 heterocycles. The van der Waals surface area contributed by atoms with Crippen LogP contribution in [0.25, 0.3) is 0 Å². The van der Waals surface area contributed by atoms with E-state index in [9.17, 15) is 27.6 Å². The second kappa shape index (κ2) is 9.88. The molecule has 1 aromatic heterocycles. The van der Waals surface area contributed by atoms with Crippen molar-refractivity contribution in [3.8, 4) is 5.75 Å². The van der Waals surface area contributed by atoms with Crippen molar-refractivity contribution in [2.75, 3.05) is 11.9 Å². The molecular weight excluding hydrogens is 433 g/mol. The quantitative estimate of drug-likeness (QED) is 0.561. The lowest BCUT2D eigenvalue weighted by Gasteiger charge is -2.21. The highest BCUT2D eigenvalue weighted by molar-refractivity contribution is 5.76. The highest BCUT2D eigenvalue weighted by atomic mass is 19.4. The number of carboxylic acids is 1. The number of ether oxygens (including phenoxy) is 1. The van der Waals surface area contributed by atoms with Crippen molar-refractivity contribution in [3.05, 3.63) is 50.7 Å². The van der Waals surface area contributed by atoms with Gasteiger partial charge in [-0.05, 0) is 44.4 Å². The van der Waals surface area contributed by atoms with Crippen molar-refractivity contribution in [3.63, 3.8) is 0 Å². The summed E-state index contributed by atoms with van der Waals surface area (Å²) in [4.78, 5) is 35.6. The number of hydrogen-bond acceptors (Lipinski definition) is 6. The molecule has 176 valence electrons. The van der Waals surface area contributed by atoms with Crippen LogP contribution in [0.2, 0.25) is 0 Å². The Morgan fingerprint density at radius 3 is 2.56 bits per heavy atom. The highest BCUT2D eigenvalue weighted by Crippen LogP contribution is 2.21. The zero-order chi connectivity index (χ0) is 24.1. The number of anilines is 1. The first kappa shape index (κ1) is 25.0. The van der Waals surface area contributed by atoms with E-state index in [4.69, 9.17) is 9.84 Å². The zero-order valence-electron chi connectivity index (χ0n) is 17.9. The Morgan fingerprint density at radius 2 is 1.94 bits per heavy atom. The van der Waals surface area contributed by atoms with Gasteiger partial charge in [0.05, 0.1) is 0 Å². The van der Waals surface area contributed by atoms with Crippen LogP contribution in [0.4, 0.5) is 19.0 Å². The van der Waals surface area contributed by atoms with Gasteiger partial charge in [0.15, 0.2) is 5.60 Å². The lowest BCUT2D eigenvalue weighted by Crippen LogP contribution is -2.41. The number of aryl methyl sites for hydroxylation is 1. The van der Waals surface area contributed by atoms with Gasteiger partial charge in [-0.25, -0.2) is 14.3 Å². The summed E-state index contributed by atoms with van der Waals surface area (Å²) in [6.45, 7) is 2.80. The van der Waals surface area contributed by atoms with Gasteiger partial charge in [-0.15, -0.1) is 5.10 Å². The van der Waals surface area contributed by atoms with E-state index in [0.717, 1.165) is 14.8 Å². The molecule has 0 saturated carbocycles. The molecule has 0 amide bonds. The summed E-state index contributed by atoms with van der Waals surface area (Å²) >= 11 is 0. The minimum atomic E-state index is -4.34. The van der Waals surface area contributed by atoms with E-state index in [1.165, 1.54) is 20.9 Å². The molecule has 0 spiro atoms. The number of alkyl halides is 3. The average molecular weight is 458 g/mol. The van der Waals surface area contributed by atoms with E-state index >= 15 is 0 Å². The van der Waals surface area contributed by atoms with Crippen molar-refractivity contribution >= 4 is 11.8 Å². The van der Waals surface area contributed by atoms with Gasteiger partial charge in [-0.3, -0.25) is 9.36 Å². The summed E-state index contributed by atoms with van der Waals surface area (Å²) in [5, 5.41) is 15.8. The second-order valence-electron chi connectivity index (χ2n) is 7.68. The molecule has 0 radical (unpaired) electrons. The summed E-state index contributed by atoms with van der Waals surface area (Å²) in [6, 6.07) is 6.76. The van der Waals surface area contributed by atoms with Crippen molar-refractivity contribution in [2.24, 2.45) is 7.05 Å². The number of nitrogens with one attached hydrogen (secondary N) is 1. The van der Waals surface area contributed by atoms with Crippen molar-refractivity contribution in [1.29, 1.82) is 0 Å². The fourth-order valence-electron chi connectivity index (χ4n) is 2.74.